The Hall–Kier alpha value is -2.42. The summed E-state index contributed by atoms with van der Waals surface area (Å²) in [5, 5.41) is 0. The van der Waals surface area contributed by atoms with Crippen LogP contribution in [0.5, 0.6) is 0 Å². The molecule has 0 fully saturated rings. The molecule has 0 aliphatic heterocycles. The second-order valence-corrected chi connectivity index (χ2v) is 4.64. The number of amides is 1. The van der Waals surface area contributed by atoms with Gasteiger partial charge in [-0.1, -0.05) is 31.2 Å². The van der Waals surface area contributed by atoms with Gasteiger partial charge in [-0.2, -0.15) is 0 Å². The molecular weight excluding hydrogens is 250 g/mol. The molecule has 0 bridgehead atoms. The Morgan fingerprint density at radius 3 is 1.95 bits per heavy atom. The van der Waals surface area contributed by atoms with E-state index in [0.717, 1.165) is 18.5 Å². The third-order valence-corrected chi connectivity index (χ3v) is 3.32. The highest BCUT2D eigenvalue weighted by Crippen LogP contribution is 2.16. The Bertz CT molecular complexity index is 600. The summed E-state index contributed by atoms with van der Waals surface area (Å²) in [5.74, 6) is -0.00652. The fourth-order valence-corrected chi connectivity index (χ4v) is 1.97. The molecule has 0 N–H and O–H groups in total. The summed E-state index contributed by atoms with van der Waals surface area (Å²) in [5.41, 5.74) is 3.28. The Morgan fingerprint density at radius 2 is 1.50 bits per heavy atom. The molecule has 0 aliphatic carbocycles. The SMILES string of the molecule is CCc1ccc(C(=O)c2ccc(N(C)C=O)cc2)cc1. The van der Waals surface area contributed by atoms with Gasteiger partial charge >= 0.3 is 0 Å². The molecule has 0 aromatic heterocycles. The van der Waals surface area contributed by atoms with Crippen molar-refractivity contribution in [2.45, 2.75) is 13.3 Å². The van der Waals surface area contributed by atoms with Gasteiger partial charge in [-0.15, -0.1) is 0 Å². The first kappa shape index (κ1) is 14.0. The number of aryl methyl sites for hydroxylation is 1. The van der Waals surface area contributed by atoms with Crippen LogP contribution in [-0.4, -0.2) is 19.2 Å². The van der Waals surface area contributed by atoms with E-state index in [1.165, 1.54) is 10.5 Å². The summed E-state index contributed by atoms with van der Waals surface area (Å²) in [6.07, 6.45) is 1.70. The Labute approximate surface area is 118 Å². The van der Waals surface area contributed by atoms with Crippen LogP contribution < -0.4 is 4.90 Å². The van der Waals surface area contributed by atoms with Gasteiger partial charge in [0.25, 0.3) is 0 Å². The van der Waals surface area contributed by atoms with E-state index < -0.39 is 0 Å². The van der Waals surface area contributed by atoms with Gasteiger partial charge < -0.3 is 4.90 Å². The van der Waals surface area contributed by atoms with Gasteiger partial charge in [-0.05, 0) is 36.2 Å². The maximum absolute atomic E-state index is 12.3. The molecule has 0 atom stereocenters. The number of hydrogen-bond donors (Lipinski definition) is 0. The van der Waals surface area contributed by atoms with Crippen LogP contribution in [0.25, 0.3) is 0 Å². The average Bonchev–Trinajstić information content (AvgIpc) is 2.53. The van der Waals surface area contributed by atoms with Crippen molar-refractivity contribution in [3.05, 3.63) is 65.2 Å². The highest BCUT2D eigenvalue weighted by molar-refractivity contribution is 6.09. The van der Waals surface area contributed by atoms with E-state index in [2.05, 4.69) is 6.92 Å². The standard InChI is InChI=1S/C17H17NO2/c1-3-13-4-6-14(7-5-13)17(20)15-8-10-16(11-9-15)18(2)12-19/h4-12H,3H2,1-2H3. The van der Waals surface area contributed by atoms with Crippen LogP contribution in [0.1, 0.15) is 28.4 Å². The van der Waals surface area contributed by atoms with Gasteiger partial charge in [0.2, 0.25) is 6.41 Å². The third-order valence-electron chi connectivity index (χ3n) is 3.32. The smallest absolute Gasteiger partial charge is 0.213 e. The molecular formula is C17H17NO2. The monoisotopic (exact) mass is 267 g/mol. The third kappa shape index (κ3) is 2.94. The molecule has 0 unspecified atom stereocenters. The van der Waals surface area contributed by atoms with E-state index in [1.54, 1.807) is 31.3 Å². The van der Waals surface area contributed by atoms with Gasteiger partial charge in [0.1, 0.15) is 0 Å². The van der Waals surface area contributed by atoms with Gasteiger partial charge in [0.05, 0.1) is 0 Å². The molecule has 0 saturated heterocycles. The van der Waals surface area contributed by atoms with Gasteiger partial charge in [0, 0.05) is 23.9 Å². The Kier molecular flexibility index (Phi) is 4.31. The second-order valence-electron chi connectivity index (χ2n) is 4.64. The highest BCUT2D eigenvalue weighted by atomic mass is 16.1. The summed E-state index contributed by atoms with van der Waals surface area (Å²) >= 11 is 0. The number of anilines is 1. The number of carbonyl (C=O) groups excluding carboxylic acids is 2. The van der Waals surface area contributed by atoms with Crippen molar-refractivity contribution in [3.63, 3.8) is 0 Å². The largest absolute Gasteiger partial charge is 0.318 e. The minimum Gasteiger partial charge on any atom is -0.318 e. The van der Waals surface area contributed by atoms with Crippen LogP contribution in [0.2, 0.25) is 0 Å². The molecule has 3 nitrogen and oxygen atoms in total. The van der Waals surface area contributed by atoms with E-state index >= 15 is 0 Å². The minimum atomic E-state index is -0.00652. The fourth-order valence-electron chi connectivity index (χ4n) is 1.97. The van der Waals surface area contributed by atoms with Gasteiger partial charge in [-0.25, -0.2) is 0 Å². The van der Waals surface area contributed by atoms with Gasteiger partial charge in [0.15, 0.2) is 5.78 Å². The molecule has 2 rings (SSSR count). The summed E-state index contributed by atoms with van der Waals surface area (Å²) in [7, 11) is 1.67. The molecule has 102 valence electrons. The van der Waals surface area contributed by atoms with Gasteiger partial charge in [-0.3, -0.25) is 9.59 Å². The maximum Gasteiger partial charge on any atom is 0.213 e. The fraction of sp³-hybridized carbons (Fsp3) is 0.176. The minimum absolute atomic E-state index is 0.00652. The molecule has 3 heteroatoms. The molecule has 20 heavy (non-hydrogen) atoms. The topological polar surface area (TPSA) is 37.4 Å². The van der Waals surface area contributed by atoms with Crippen molar-refractivity contribution in [3.8, 4) is 0 Å². The number of hydrogen-bond acceptors (Lipinski definition) is 2. The number of benzene rings is 2. The van der Waals surface area contributed by atoms with Crippen LogP contribution in [0, 0.1) is 0 Å². The Balaban J connectivity index is 2.21. The molecule has 2 aromatic rings. The van der Waals surface area contributed by atoms with E-state index in [0.29, 0.717) is 11.1 Å². The van der Waals surface area contributed by atoms with E-state index in [4.69, 9.17) is 0 Å². The molecule has 0 saturated carbocycles. The average molecular weight is 267 g/mol. The summed E-state index contributed by atoms with van der Waals surface area (Å²) in [4.78, 5) is 24.4. The molecule has 1 amide bonds. The van der Waals surface area contributed by atoms with E-state index in [-0.39, 0.29) is 5.78 Å². The Morgan fingerprint density at radius 1 is 1.00 bits per heavy atom. The number of carbonyl (C=O) groups is 2. The number of nitrogens with zero attached hydrogens (tertiary/aromatic N) is 1. The summed E-state index contributed by atoms with van der Waals surface area (Å²) in [6.45, 7) is 2.08. The first-order valence-electron chi connectivity index (χ1n) is 6.57. The first-order chi connectivity index (χ1) is 9.65. The van der Waals surface area contributed by atoms with Crippen molar-refractivity contribution >= 4 is 17.9 Å². The zero-order chi connectivity index (χ0) is 14.5. The van der Waals surface area contributed by atoms with E-state index in [1.807, 2.05) is 24.3 Å². The van der Waals surface area contributed by atoms with Crippen molar-refractivity contribution in [1.82, 2.24) is 0 Å². The predicted octanol–water partition coefficient (Wildman–Crippen LogP) is 3.07. The highest BCUT2D eigenvalue weighted by Gasteiger charge is 2.09. The summed E-state index contributed by atoms with van der Waals surface area (Å²) in [6, 6.07) is 14.7. The quantitative estimate of drug-likeness (QED) is 0.616. The first-order valence-corrected chi connectivity index (χ1v) is 6.57. The van der Waals surface area contributed by atoms with Crippen LogP contribution >= 0.6 is 0 Å². The lowest BCUT2D eigenvalue weighted by Crippen LogP contribution is -2.13. The molecule has 0 radical (unpaired) electrons. The van der Waals surface area contributed by atoms with Crippen molar-refractivity contribution < 1.29 is 9.59 Å². The summed E-state index contributed by atoms with van der Waals surface area (Å²) < 4.78 is 0. The second kappa shape index (κ2) is 6.15. The lowest BCUT2D eigenvalue weighted by molar-refractivity contribution is -0.107. The van der Waals surface area contributed by atoms with E-state index in [9.17, 15) is 9.59 Å². The van der Waals surface area contributed by atoms with Crippen molar-refractivity contribution in [2.24, 2.45) is 0 Å². The predicted molar refractivity (Wildman–Crippen MR) is 80.2 cm³/mol. The molecule has 0 spiro atoms. The number of rotatable bonds is 5. The normalized spacial score (nSPS) is 10.1. The molecule has 0 heterocycles. The van der Waals surface area contributed by atoms with Crippen molar-refractivity contribution in [1.29, 1.82) is 0 Å². The zero-order valence-electron chi connectivity index (χ0n) is 11.7. The van der Waals surface area contributed by atoms with Crippen LogP contribution in [-0.2, 0) is 11.2 Å². The maximum atomic E-state index is 12.3. The van der Waals surface area contributed by atoms with Crippen LogP contribution in [0.15, 0.2) is 48.5 Å². The molecule has 0 aliphatic rings. The zero-order valence-corrected chi connectivity index (χ0v) is 11.7. The van der Waals surface area contributed by atoms with Crippen LogP contribution in [0.4, 0.5) is 5.69 Å². The van der Waals surface area contributed by atoms with Crippen molar-refractivity contribution in [2.75, 3.05) is 11.9 Å². The lowest BCUT2D eigenvalue weighted by atomic mass is 10.0. The number of ketones is 1. The molecule has 2 aromatic carbocycles. The van der Waals surface area contributed by atoms with Crippen LogP contribution in [0.3, 0.4) is 0 Å². The lowest BCUT2D eigenvalue weighted by Gasteiger charge is -2.10.